The van der Waals surface area contributed by atoms with Crippen LogP contribution >= 0.6 is 23.4 Å². The Morgan fingerprint density at radius 3 is 2.71 bits per heavy atom. The maximum atomic E-state index is 12.7. The molecule has 0 atom stereocenters. The first kappa shape index (κ1) is 21.1. The first-order valence-electron chi connectivity index (χ1n) is 9.48. The summed E-state index contributed by atoms with van der Waals surface area (Å²) in [5.74, 6) is -0.493. The molecule has 2 N–H and O–H groups in total. The van der Waals surface area contributed by atoms with Crippen molar-refractivity contribution in [1.82, 2.24) is 10.3 Å². The van der Waals surface area contributed by atoms with E-state index in [1.54, 1.807) is 6.07 Å². The topological polar surface area (TPSA) is 114 Å². The van der Waals surface area contributed by atoms with Crippen LogP contribution in [0.1, 0.15) is 23.2 Å². The molecule has 10 heteroatoms. The number of nitrogens with one attached hydrogen (secondary N) is 2. The monoisotopic (exact) mass is 456 g/mol. The Morgan fingerprint density at radius 1 is 1.19 bits per heavy atom. The van der Waals surface area contributed by atoms with E-state index in [9.17, 15) is 19.7 Å². The Balaban J connectivity index is 1.48. The molecule has 1 aliphatic carbocycles. The van der Waals surface area contributed by atoms with Crippen molar-refractivity contribution in [2.45, 2.75) is 23.9 Å². The van der Waals surface area contributed by atoms with Crippen molar-refractivity contribution >= 4 is 57.5 Å². The zero-order chi connectivity index (χ0) is 22.0. The van der Waals surface area contributed by atoms with Gasteiger partial charge in [-0.05, 0) is 37.1 Å². The molecule has 4 rings (SSSR count). The van der Waals surface area contributed by atoms with Gasteiger partial charge in [0.2, 0.25) is 5.91 Å². The van der Waals surface area contributed by atoms with Gasteiger partial charge >= 0.3 is 0 Å². The molecule has 2 amide bonds. The molecule has 1 heterocycles. The molecule has 0 aliphatic heterocycles. The fraction of sp³-hybridized carbons (Fsp3) is 0.190. The standard InChI is InChI=1S/C21H17ClN4O4S/c22-16-8-7-13(9-18(16)26(29)30)23-19(27)11-31-20-10-15(21(28)24-12-5-6-12)14-3-1-2-4-17(14)25-20/h1-4,7-10,12H,5-6,11H2,(H,23,27)(H,24,28). The lowest BCUT2D eigenvalue weighted by Crippen LogP contribution is -2.25. The number of para-hydroxylation sites is 1. The molecule has 1 saturated carbocycles. The maximum Gasteiger partial charge on any atom is 0.289 e. The Hall–Kier alpha value is -3.17. The van der Waals surface area contributed by atoms with E-state index < -0.39 is 4.92 Å². The van der Waals surface area contributed by atoms with Crippen molar-refractivity contribution in [3.63, 3.8) is 0 Å². The van der Waals surface area contributed by atoms with Crippen LogP contribution in [-0.2, 0) is 4.79 Å². The van der Waals surface area contributed by atoms with Gasteiger partial charge in [-0.3, -0.25) is 19.7 Å². The smallest absolute Gasteiger partial charge is 0.289 e. The highest BCUT2D eigenvalue weighted by Crippen LogP contribution is 2.28. The summed E-state index contributed by atoms with van der Waals surface area (Å²) in [5, 5.41) is 17.9. The highest BCUT2D eigenvalue weighted by molar-refractivity contribution is 7.99. The SMILES string of the molecule is O=C(CSc1cc(C(=O)NC2CC2)c2ccccc2n1)Nc1ccc(Cl)c([N+](=O)[O-])c1. The van der Waals surface area contributed by atoms with Crippen LogP contribution < -0.4 is 10.6 Å². The van der Waals surface area contributed by atoms with E-state index in [4.69, 9.17) is 11.6 Å². The number of rotatable bonds is 7. The van der Waals surface area contributed by atoms with E-state index in [1.807, 2.05) is 24.3 Å². The van der Waals surface area contributed by atoms with Gasteiger partial charge in [0.05, 0.1) is 26.8 Å². The molecule has 31 heavy (non-hydrogen) atoms. The third-order valence-electron chi connectivity index (χ3n) is 4.63. The lowest BCUT2D eigenvalue weighted by atomic mass is 10.1. The van der Waals surface area contributed by atoms with E-state index in [-0.39, 0.29) is 40.0 Å². The molecule has 0 radical (unpaired) electrons. The third-order valence-corrected chi connectivity index (χ3v) is 5.86. The fourth-order valence-corrected chi connectivity index (χ4v) is 3.87. The van der Waals surface area contributed by atoms with Crippen molar-refractivity contribution in [2.75, 3.05) is 11.1 Å². The van der Waals surface area contributed by atoms with Gasteiger partial charge in [-0.25, -0.2) is 4.98 Å². The second-order valence-corrected chi connectivity index (χ2v) is 8.44. The Morgan fingerprint density at radius 2 is 1.97 bits per heavy atom. The van der Waals surface area contributed by atoms with Crippen molar-refractivity contribution < 1.29 is 14.5 Å². The van der Waals surface area contributed by atoms with Crippen LogP contribution in [-0.4, -0.2) is 33.5 Å². The summed E-state index contributed by atoms with van der Waals surface area (Å²) in [6, 6.07) is 13.3. The molecule has 1 fully saturated rings. The predicted octanol–water partition coefficient (Wildman–Crippen LogP) is 4.42. The number of fused-ring (bicyclic) bond motifs is 1. The summed E-state index contributed by atoms with van der Waals surface area (Å²) in [7, 11) is 0. The highest BCUT2D eigenvalue weighted by Gasteiger charge is 2.25. The average molecular weight is 457 g/mol. The van der Waals surface area contributed by atoms with Gasteiger partial charge < -0.3 is 10.6 Å². The fourth-order valence-electron chi connectivity index (χ4n) is 2.97. The number of aromatic nitrogens is 1. The molecule has 2 aromatic carbocycles. The summed E-state index contributed by atoms with van der Waals surface area (Å²) < 4.78 is 0. The average Bonchev–Trinajstić information content (AvgIpc) is 3.56. The van der Waals surface area contributed by atoms with Gasteiger partial charge in [0.1, 0.15) is 5.02 Å². The maximum absolute atomic E-state index is 12.7. The highest BCUT2D eigenvalue weighted by atomic mass is 35.5. The molecule has 1 aromatic heterocycles. The number of benzene rings is 2. The third kappa shape index (κ3) is 5.12. The zero-order valence-electron chi connectivity index (χ0n) is 16.1. The molecule has 158 valence electrons. The van der Waals surface area contributed by atoms with Crippen LogP contribution in [0.4, 0.5) is 11.4 Å². The molecule has 3 aromatic rings. The van der Waals surface area contributed by atoms with Crippen LogP contribution in [0.5, 0.6) is 0 Å². The molecule has 0 unspecified atom stereocenters. The minimum absolute atomic E-state index is 0.00487. The number of nitrogens with zero attached hydrogens (tertiary/aromatic N) is 2. The molecule has 0 saturated heterocycles. The van der Waals surface area contributed by atoms with Gasteiger partial charge in [0.15, 0.2) is 0 Å². The first-order valence-corrected chi connectivity index (χ1v) is 10.8. The largest absolute Gasteiger partial charge is 0.349 e. The van der Waals surface area contributed by atoms with Crippen LogP contribution in [0.25, 0.3) is 10.9 Å². The van der Waals surface area contributed by atoms with Crippen molar-refractivity contribution in [3.05, 3.63) is 69.2 Å². The number of amides is 2. The molecule has 1 aliphatic rings. The number of hydrogen-bond acceptors (Lipinski definition) is 6. The summed E-state index contributed by atoms with van der Waals surface area (Å²) in [6.45, 7) is 0. The van der Waals surface area contributed by atoms with Crippen LogP contribution in [0.2, 0.25) is 5.02 Å². The predicted molar refractivity (Wildman–Crippen MR) is 120 cm³/mol. The summed E-state index contributed by atoms with van der Waals surface area (Å²) in [4.78, 5) is 39.9. The molecular weight excluding hydrogens is 440 g/mol. The van der Waals surface area contributed by atoms with Gasteiger partial charge in [0, 0.05) is 23.2 Å². The number of pyridine rings is 1. The minimum atomic E-state index is -0.611. The summed E-state index contributed by atoms with van der Waals surface area (Å²) >= 11 is 6.97. The zero-order valence-corrected chi connectivity index (χ0v) is 17.7. The Kier molecular flexibility index (Phi) is 6.06. The number of nitro groups is 1. The number of nitro benzene ring substituents is 1. The number of carbonyl (C=O) groups is 2. The quantitative estimate of drug-likeness (QED) is 0.309. The van der Waals surface area contributed by atoms with E-state index >= 15 is 0 Å². The van der Waals surface area contributed by atoms with Gasteiger partial charge in [-0.1, -0.05) is 41.6 Å². The number of hydrogen-bond donors (Lipinski definition) is 2. The van der Waals surface area contributed by atoms with Crippen molar-refractivity contribution in [3.8, 4) is 0 Å². The van der Waals surface area contributed by atoms with Gasteiger partial charge in [-0.15, -0.1) is 0 Å². The van der Waals surface area contributed by atoms with Crippen LogP contribution in [0, 0.1) is 10.1 Å². The van der Waals surface area contributed by atoms with Crippen LogP contribution in [0.3, 0.4) is 0 Å². The first-order chi connectivity index (χ1) is 14.9. The Labute approximate surface area is 186 Å². The number of thioether (sulfide) groups is 1. The normalized spacial score (nSPS) is 13.1. The second kappa shape index (κ2) is 8.91. The van der Waals surface area contributed by atoms with E-state index in [0.717, 1.165) is 18.2 Å². The van der Waals surface area contributed by atoms with E-state index in [1.165, 1.54) is 30.0 Å². The van der Waals surface area contributed by atoms with Crippen LogP contribution in [0.15, 0.2) is 53.6 Å². The molecular formula is C21H17ClN4O4S. The number of halogens is 1. The van der Waals surface area contributed by atoms with Crippen molar-refractivity contribution in [1.29, 1.82) is 0 Å². The minimum Gasteiger partial charge on any atom is -0.349 e. The lowest BCUT2D eigenvalue weighted by molar-refractivity contribution is -0.384. The van der Waals surface area contributed by atoms with Gasteiger partial charge in [-0.2, -0.15) is 0 Å². The number of carbonyl (C=O) groups excluding carboxylic acids is 2. The Bertz CT molecular complexity index is 1200. The van der Waals surface area contributed by atoms with E-state index in [0.29, 0.717) is 16.1 Å². The molecule has 0 bridgehead atoms. The van der Waals surface area contributed by atoms with Gasteiger partial charge in [0.25, 0.3) is 11.6 Å². The molecule has 8 nitrogen and oxygen atoms in total. The lowest BCUT2D eigenvalue weighted by Gasteiger charge is -2.10. The summed E-state index contributed by atoms with van der Waals surface area (Å²) in [5.41, 5.74) is 1.18. The second-order valence-electron chi connectivity index (χ2n) is 7.03. The van der Waals surface area contributed by atoms with E-state index in [2.05, 4.69) is 15.6 Å². The number of anilines is 1. The molecule has 0 spiro atoms. The van der Waals surface area contributed by atoms with Crippen molar-refractivity contribution in [2.24, 2.45) is 0 Å². The summed E-state index contributed by atoms with van der Waals surface area (Å²) in [6.07, 6.45) is 1.97.